The van der Waals surface area contributed by atoms with E-state index in [9.17, 15) is 0 Å². The van der Waals surface area contributed by atoms with Crippen LogP contribution in [0.15, 0.2) is 29.2 Å². The molecule has 0 fully saturated rings. The molecule has 0 saturated carbocycles. The Bertz CT molecular complexity index is 287. The summed E-state index contributed by atoms with van der Waals surface area (Å²) in [5.41, 5.74) is 1.39. The van der Waals surface area contributed by atoms with Gasteiger partial charge in [-0.05, 0) is 32.0 Å². The molecule has 3 heteroatoms. The third-order valence-electron chi connectivity index (χ3n) is 2.24. The van der Waals surface area contributed by atoms with Crippen LogP contribution in [0.5, 0.6) is 0 Å². The zero-order valence-electron chi connectivity index (χ0n) is 9.79. The first-order valence-electron chi connectivity index (χ1n) is 5.21. The fraction of sp³-hybridized carbons (Fsp3) is 0.500. The van der Waals surface area contributed by atoms with Crippen molar-refractivity contribution >= 4 is 11.8 Å². The SMILES string of the molecule is CSc1ccccc1CNCCN(C)C. The number of hydrogen-bond acceptors (Lipinski definition) is 3. The molecule has 0 aliphatic carbocycles. The number of nitrogens with zero attached hydrogens (tertiary/aromatic N) is 1. The van der Waals surface area contributed by atoms with Crippen molar-refractivity contribution in [2.45, 2.75) is 11.4 Å². The molecule has 1 rings (SSSR count). The van der Waals surface area contributed by atoms with Crippen LogP contribution in [0.1, 0.15) is 5.56 Å². The van der Waals surface area contributed by atoms with Crippen molar-refractivity contribution in [1.29, 1.82) is 0 Å². The molecule has 1 aromatic rings. The molecule has 84 valence electrons. The van der Waals surface area contributed by atoms with Crippen LogP contribution >= 0.6 is 11.8 Å². The number of benzene rings is 1. The highest BCUT2D eigenvalue weighted by Crippen LogP contribution is 2.19. The van der Waals surface area contributed by atoms with Crippen molar-refractivity contribution in [3.05, 3.63) is 29.8 Å². The Labute approximate surface area is 97.1 Å². The molecule has 2 nitrogen and oxygen atoms in total. The van der Waals surface area contributed by atoms with Crippen molar-refractivity contribution in [3.63, 3.8) is 0 Å². The van der Waals surface area contributed by atoms with Gasteiger partial charge in [-0.1, -0.05) is 18.2 Å². The predicted octanol–water partition coefficient (Wildman–Crippen LogP) is 2.06. The highest BCUT2D eigenvalue weighted by molar-refractivity contribution is 7.98. The van der Waals surface area contributed by atoms with Crippen LogP contribution in [0.3, 0.4) is 0 Å². The summed E-state index contributed by atoms with van der Waals surface area (Å²) in [4.78, 5) is 3.56. The zero-order valence-corrected chi connectivity index (χ0v) is 10.6. The van der Waals surface area contributed by atoms with Crippen LogP contribution in [0, 0.1) is 0 Å². The third kappa shape index (κ3) is 4.69. The third-order valence-corrected chi connectivity index (χ3v) is 3.08. The minimum atomic E-state index is 0.963. The summed E-state index contributed by atoms with van der Waals surface area (Å²) >= 11 is 1.81. The summed E-state index contributed by atoms with van der Waals surface area (Å²) in [6.07, 6.45) is 2.12. The Morgan fingerprint density at radius 1 is 1.27 bits per heavy atom. The predicted molar refractivity (Wildman–Crippen MR) is 68.5 cm³/mol. The lowest BCUT2D eigenvalue weighted by Crippen LogP contribution is -2.26. The number of hydrogen-bond donors (Lipinski definition) is 1. The summed E-state index contributed by atoms with van der Waals surface area (Å²) in [5.74, 6) is 0. The van der Waals surface area contributed by atoms with Crippen LogP contribution in [0.2, 0.25) is 0 Å². The summed E-state index contributed by atoms with van der Waals surface area (Å²) < 4.78 is 0. The van der Waals surface area contributed by atoms with Crippen molar-refractivity contribution in [1.82, 2.24) is 10.2 Å². The standard InChI is InChI=1S/C12H20N2S/c1-14(2)9-8-13-10-11-6-4-5-7-12(11)15-3/h4-7,13H,8-10H2,1-3H3. The maximum atomic E-state index is 3.45. The number of nitrogens with one attached hydrogen (secondary N) is 1. The number of likely N-dealkylation sites (N-methyl/N-ethyl adjacent to an activating group) is 1. The maximum absolute atomic E-state index is 3.45. The normalized spacial score (nSPS) is 10.9. The van der Waals surface area contributed by atoms with Gasteiger partial charge >= 0.3 is 0 Å². The van der Waals surface area contributed by atoms with E-state index in [1.54, 1.807) is 0 Å². The van der Waals surface area contributed by atoms with Gasteiger partial charge in [-0.15, -0.1) is 11.8 Å². The van der Waals surface area contributed by atoms with Crippen molar-refractivity contribution < 1.29 is 0 Å². The first-order chi connectivity index (χ1) is 7.24. The van der Waals surface area contributed by atoms with Gasteiger partial charge in [0.25, 0.3) is 0 Å². The van der Waals surface area contributed by atoms with Crippen LogP contribution in [-0.2, 0) is 6.54 Å². The summed E-state index contributed by atoms with van der Waals surface area (Å²) in [6.45, 7) is 3.09. The van der Waals surface area contributed by atoms with E-state index in [1.807, 2.05) is 11.8 Å². The molecular formula is C12H20N2S. The summed E-state index contributed by atoms with van der Waals surface area (Å²) in [7, 11) is 4.19. The molecular weight excluding hydrogens is 204 g/mol. The molecule has 0 saturated heterocycles. The van der Waals surface area contributed by atoms with Gasteiger partial charge in [0.1, 0.15) is 0 Å². The molecule has 0 spiro atoms. The summed E-state index contributed by atoms with van der Waals surface area (Å²) in [5, 5.41) is 3.45. The highest BCUT2D eigenvalue weighted by atomic mass is 32.2. The van der Waals surface area contributed by atoms with Gasteiger partial charge in [-0.3, -0.25) is 0 Å². The van der Waals surface area contributed by atoms with E-state index < -0.39 is 0 Å². The Kier molecular flexibility index (Phi) is 5.76. The van der Waals surface area contributed by atoms with Gasteiger partial charge in [-0.2, -0.15) is 0 Å². The largest absolute Gasteiger partial charge is 0.311 e. The van der Waals surface area contributed by atoms with Crippen LogP contribution in [0.25, 0.3) is 0 Å². The second-order valence-corrected chi connectivity index (χ2v) is 4.64. The van der Waals surface area contributed by atoms with Gasteiger partial charge in [-0.25, -0.2) is 0 Å². The first-order valence-corrected chi connectivity index (χ1v) is 6.44. The highest BCUT2D eigenvalue weighted by Gasteiger charge is 1.99. The van der Waals surface area contributed by atoms with Crippen molar-refractivity contribution in [3.8, 4) is 0 Å². The lowest BCUT2D eigenvalue weighted by molar-refractivity contribution is 0.399. The fourth-order valence-electron chi connectivity index (χ4n) is 1.37. The maximum Gasteiger partial charge on any atom is 0.0217 e. The second-order valence-electron chi connectivity index (χ2n) is 3.79. The average Bonchev–Trinajstić information content (AvgIpc) is 2.24. The Morgan fingerprint density at radius 3 is 2.67 bits per heavy atom. The van der Waals surface area contributed by atoms with Gasteiger partial charge in [0.05, 0.1) is 0 Å². The van der Waals surface area contributed by atoms with E-state index in [0.717, 1.165) is 19.6 Å². The lowest BCUT2D eigenvalue weighted by Gasteiger charge is -2.11. The molecule has 1 aromatic carbocycles. The molecule has 0 radical (unpaired) electrons. The lowest BCUT2D eigenvalue weighted by atomic mass is 10.2. The van der Waals surface area contributed by atoms with E-state index >= 15 is 0 Å². The quantitative estimate of drug-likeness (QED) is 0.588. The molecule has 1 N–H and O–H groups in total. The van der Waals surface area contributed by atoms with Crippen molar-refractivity contribution in [2.24, 2.45) is 0 Å². The number of rotatable bonds is 6. The molecule has 0 aliphatic heterocycles. The molecule has 0 bridgehead atoms. The Balaban J connectivity index is 2.36. The Morgan fingerprint density at radius 2 is 2.00 bits per heavy atom. The molecule has 0 atom stereocenters. The second kappa shape index (κ2) is 6.88. The molecule has 0 amide bonds. The van der Waals surface area contributed by atoms with E-state index in [2.05, 4.69) is 54.8 Å². The van der Waals surface area contributed by atoms with Gasteiger partial charge in [0.2, 0.25) is 0 Å². The topological polar surface area (TPSA) is 15.3 Å². The van der Waals surface area contributed by atoms with Gasteiger partial charge in [0, 0.05) is 24.5 Å². The molecule has 0 heterocycles. The van der Waals surface area contributed by atoms with Gasteiger partial charge < -0.3 is 10.2 Å². The van der Waals surface area contributed by atoms with E-state index in [0.29, 0.717) is 0 Å². The molecule has 0 aliphatic rings. The van der Waals surface area contributed by atoms with Crippen LogP contribution < -0.4 is 5.32 Å². The first kappa shape index (κ1) is 12.6. The smallest absolute Gasteiger partial charge is 0.0217 e. The monoisotopic (exact) mass is 224 g/mol. The number of thioether (sulfide) groups is 1. The summed E-state index contributed by atoms with van der Waals surface area (Å²) in [6, 6.07) is 8.56. The molecule has 0 aromatic heterocycles. The Hall–Kier alpha value is -0.510. The zero-order chi connectivity index (χ0) is 11.1. The minimum absolute atomic E-state index is 0.963. The van der Waals surface area contributed by atoms with Crippen LogP contribution in [-0.4, -0.2) is 38.3 Å². The fourth-order valence-corrected chi connectivity index (χ4v) is 1.99. The molecule has 15 heavy (non-hydrogen) atoms. The molecule has 0 unspecified atom stereocenters. The van der Waals surface area contributed by atoms with Gasteiger partial charge in [0.15, 0.2) is 0 Å². The van der Waals surface area contributed by atoms with E-state index in [4.69, 9.17) is 0 Å². The minimum Gasteiger partial charge on any atom is -0.311 e. The van der Waals surface area contributed by atoms with Crippen LogP contribution in [0.4, 0.5) is 0 Å². The van der Waals surface area contributed by atoms with E-state index in [1.165, 1.54) is 10.5 Å². The van der Waals surface area contributed by atoms with Crippen molar-refractivity contribution in [2.75, 3.05) is 33.4 Å². The van der Waals surface area contributed by atoms with E-state index in [-0.39, 0.29) is 0 Å². The average molecular weight is 224 g/mol.